The van der Waals surface area contributed by atoms with Crippen LogP contribution in [0.25, 0.3) is 0 Å². The Morgan fingerprint density at radius 2 is 2.25 bits per heavy atom. The van der Waals surface area contributed by atoms with Gasteiger partial charge in [0.05, 0.1) is 15.0 Å². The average molecular weight is 350 g/mol. The van der Waals surface area contributed by atoms with Crippen LogP contribution in [-0.2, 0) is 0 Å². The normalized spacial score (nSPS) is 9.75. The van der Waals surface area contributed by atoms with Crippen molar-refractivity contribution in [3.8, 4) is 11.8 Å². The van der Waals surface area contributed by atoms with Crippen molar-refractivity contribution >= 4 is 38.9 Å². The van der Waals surface area contributed by atoms with Crippen LogP contribution in [0.2, 0.25) is 0 Å². The maximum absolute atomic E-state index is 12.1. The molecule has 0 fully saturated rings. The Balaban J connectivity index is 2.28. The van der Waals surface area contributed by atoms with Gasteiger partial charge in [-0.1, -0.05) is 17.9 Å². The molecule has 2 rings (SSSR count). The summed E-state index contributed by atoms with van der Waals surface area (Å²) in [6.45, 7) is 1.73. The fraction of sp³-hybridized carbons (Fsp3) is 0.133. The number of benzene rings is 1. The number of anilines is 1. The van der Waals surface area contributed by atoms with E-state index >= 15 is 0 Å². The Bertz CT molecular complexity index is 697. The number of hydrogen-bond acceptors (Lipinski definition) is 3. The second-order valence-corrected chi connectivity index (χ2v) is 6.39. The highest BCUT2D eigenvalue weighted by Gasteiger charge is 2.10. The summed E-state index contributed by atoms with van der Waals surface area (Å²) in [5, 5.41) is 13.4. The van der Waals surface area contributed by atoms with E-state index in [9.17, 15) is 4.79 Å². The Labute approximate surface area is 129 Å². The van der Waals surface area contributed by atoms with Crippen LogP contribution in [0.5, 0.6) is 0 Å². The van der Waals surface area contributed by atoms with Crippen LogP contribution in [-0.4, -0.2) is 17.6 Å². The van der Waals surface area contributed by atoms with Gasteiger partial charge in [-0.3, -0.25) is 4.79 Å². The summed E-state index contributed by atoms with van der Waals surface area (Å²) in [6, 6.07) is 7.38. The van der Waals surface area contributed by atoms with Crippen LogP contribution in [0.15, 0.2) is 33.4 Å². The Morgan fingerprint density at radius 1 is 1.45 bits per heavy atom. The molecule has 102 valence electrons. The van der Waals surface area contributed by atoms with Gasteiger partial charge in [0.1, 0.15) is 6.61 Å². The van der Waals surface area contributed by atoms with Crippen molar-refractivity contribution in [3.63, 3.8) is 0 Å². The average Bonchev–Trinajstić information content (AvgIpc) is 2.85. The fourth-order valence-electron chi connectivity index (χ4n) is 1.63. The van der Waals surface area contributed by atoms with Gasteiger partial charge in [-0.2, -0.15) is 0 Å². The molecule has 0 saturated carbocycles. The zero-order chi connectivity index (χ0) is 14.5. The topological polar surface area (TPSA) is 49.3 Å². The number of halogens is 1. The molecule has 1 heterocycles. The summed E-state index contributed by atoms with van der Waals surface area (Å²) < 4.78 is 0.909. The predicted octanol–water partition coefficient (Wildman–Crippen LogP) is 3.42. The second-order valence-electron chi connectivity index (χ2n) is 4.10. The van der Waals surface area contributed by atoms with Crippen molar-refractivity contribution in [3.05, 3.63) is 50.1 Å². The molecular formula is C15H12BrNO2S. The van der Waals surface area contributed by atoms with Crippen molar-refractivity contribution in [2.24, 2.45) is 0 Å². The van der Waals surface area contributed by atoms with Gasteiger partial charge in [0, 0.05) is 10.9 Å². The number of aliphatic hydroxyl groups is 1. The smallest absolute Gasteiger partial charge is 0.256 e. The summed E-state index contributed by atoms with van der Waals surface area (Å²) in [5.41, 5.74) is 2.97. The Morgan fingerprint density at radius 3 is 2.90 bits per heavy atom. The molecule has 3 nitrogen and oxygen atoms in total. The fourth-order valence-corrected chi connectivity index (χ4v) is 2.77. The molecule has 2 N–H and O–H groups in total. The molecule has 0 aliphatic heterocycles. The third kappa shape index (κ3) is 3.70. The van der Waals surface area contributed by atoms with E-state index in [1.54, 1.807) is 11.4 Å². The van der Waals surface area contributed by atoms with Crippen LogP contribution < -0.4 is 5.32 Å². The van der Waals surface area contributed by atoms with Crippen LogP contribution in [0, 0.1) is 18.8 Å². The minimum Gasteiger partial charge on any atom is -0.384 e. The van der Waals surface area contributed by atoms with Gasteiger partial charge in [-0.05, 0) is 46.6 Å². The Kier molecular flexibility index (Phi) is 4.96. The van der Waals surface area contributed by atoms with Crippen molar-refractivity contribution in [2.45, 2.75) is 6.92 Å². The molecule has 0 unspecified atom stereocenters. The first-order valence-corrected chi connectivity index (χ1v) is 7.53. The van der Waals surface area contributed by atoms with Crippen molar-refractivity contribution in [1.82, 2.24) is 0 Å². The molecule has 0 aliphatic carbocycles. The summed E-state index contributed by atoms with van der Waals surface area (Å²) in [7, 11) is 0. The SMILES string of the molecule is Cc1ccc(C#CCO)c(NC(=O)c2csc(Br)c2)c1. The van der Waals surface area contributed by atoms with Crippen molar-refractivity contribution in [2.75, 3.05) is 11.9 Å². The summed E-state index contributed by atoms with van der Waals surface area (Å²) in [4.78, 5) is 12.1. The van der Waals surface area contributed by atoms with Gasteiger partial charge in [-0.15, -0.1) is 11.3 Å². The highest BCUT2D eigenvalue weighted by atomic mass is 79.9. The molecule has 0 aliphatic rings. The zero-order valence-electron chi connectivity index (χ0n) is 10.7. The third-order valence-electron chi connectivity index (χ3n) is 2.56. The molecule has 1 aromatic heterocycles. The maximum atomic E-state index is 12.1. The lowest BCUT2D eigenvalue weighted by molar-refractivity contribution is 0.102. The van der Waals surface area contributed by atoms with Gasteiger partial charge in [-0.25, -0.2) is 0 Å². The van der Waals surface area contributed by atoms with E-state index in [-0.39, 0.29) is 12.5 Å². The number of rotatable bonds is 2. The lowest BCUT2D eigenvalue weighted by Gasteiger charge is -2.07. The van der Waals surface area contributed by atoms with Gasteiger partial charge < -0.3 is 10.4 Å². The van der Waals surface area contributed by atoms with E-state index in [0.29, 0.717) is 16.8 Å². The van der Waals surface area contributed by atoms with E-state index in [2.05, 4.69) is 33.1 Å². The van der Waals surface area contributed by atoms with E-state index in [0.717, 1.165) is 9.35 Å². The quantitative estimate of drug-likeness (QED) is 0.816. The molecule has 0 bridgehead atoms. The molecule has 0 saturated heterocycles. The van der Waals surface area contributed by atoms with Gasteiger partial charge in [0.25, 0.3) is 5.91 Å². The molecule has 20 heavy (non-hydrogen) atoms. The predicted molar refractivity (Wildman–Crippen MR) is 85.1 cm³/mol. The van der Waals surface area contributed by atoms with Crippen LogP contribution in [0.3, 0.4) is 0 Å². The van der Waals surface area contributed by atoms with E-state index in [1.807, 2.05) is 25.1 Å². The largest absolute Gasteiger partial charge is 0.384 e. The first-order valence-electron chi connectivity index (χ1n) is 5.86. The van der Waals surface area contributed by atoms with Crippen molar-refractivity contribution < 1.29 is 9.90 Å². The number of carbonyl (C=O) groups is 1. The number of aliphatic hydroxyl groups excluding tert-OH is 1. The number of amides is 1. The monoisotopic (exact) mass is 349 g/mol. The minimum absolute atomic E-state index is 0.176. The standard InChI is InChI=1S/C15H12BrNO2S/c1-10-4-5-11(3-2-6-18)13(7-10)17-15(19)12-8-14(16)20-9-12/h4-5,7-9,18H,6H2,1H3,(H,17,19). The molecule has 1 aromatic carbocycles. The van der Waals surface area contributed by atoms with E-state index in [4.69, 9.17) is 5.11 Å². The first kappa shape index (κ1) is 14.8. The summed E-state index contributed by atoms with van der Waals surface area (Å²) in [6.07, 6.45) is 0. The lowest BCUT2D eigenvalue weighted by Crippen LogP contribution is -2.12. The number of carbonyl (C=O) groups excluding carboxylic acids is 1. The summed E-state index contributed by atoms with van der Waals surface area (Å²) >= 11 is 4.79. The molecule has 0 spiro atoms. The zero-order valence-corrected chi connectivity index (χ0v) is 13.1. The molecule has 0 radical (unpaired) electrons. The van der Waals surface area contributed by atoms with Crippen LogP contribution >= 0.6 is 27.3 Å². The molecule has 5 heteroatoms. The van der Waals surface area contributed by atoms with Crippen LogP contribution in [0.1, 0.15) is 21.5 Å². The molecule has 0 atom stereocenters. The van der Waals surface area contributed by atoms with Crippen LogP contribution in [0.4, 0.5) is 5.69 Å². The number of aryl methyl sites for hydroxylation is 1. The summed E-state index contributed by atoms with van der Waals surface area (Å²) in [5.74, 6) is 5.24. The molecule has 1 amide bonds. The van der Waals surface area contributed by atoms with Gasteiger partial charge in [0.15, 0.2) is 0 Å². The highest BCUT2D eigenvalue weighted by molar-refractivity contribution is 9.11. The number of nitrogens with one attached hydrogen (secondary N) is 1. The Hall–Kier alpha value is -1.61. The highest BCUT2D eigenvalue weighted by Crippen LogP contribution is 2.23. The van der Waals surface area contributed by atoms with Crippen molar-refractivity contribution in [1.29, 1.82) is 0 Å². The number of thiophene rings is 1. The third-order valence-corrected chi connectivity index (χ3v) is 4.06. The minimum atomic E-state index is -0.210. The van der Waals surface area contributed by atoms with Gasteiger partial charge >= 0.3 is 0 Å². The molecule has 2 aromatic rings. The van der Waals surface area contributed by atoms with E-state index in [1.165, 1.54) is 11.3 Å². The lowest BCUT2D eigenvalue weighted by atomic mass is 10.1. The first-order chi connectivity index (χ1) is 9.60. The van der Waals surface area contributed by atoms with E-state index < -0.39 is 0 Å². The molecular weight excluding hydrogens is 338 g/mol. The number of hydrogen-bond donors (Lipinski definition) is 2. The maximum Gasteiger partial charge on any atom is 0.256 e. The van der Waals surface area contributed by atoms with Gasteiger partial charge in [0.2, 0.25) is 0 Å². The second kappa shape index (κ2) is 6.71.